The minimum atomic E-state index is -4.77. The maximum absolute atomic E-state index is 12.4. The maximum Gasteiger partial charge on any atom is 0.415 e. The van der Waals surface area contributed by atoms with Crippen LogP contribution in [0.25, 0.3) is 0 Å². The molecule has 0 spiro atoms. The van der Waals surface area contributed by atoms with Crippen molar-refractivity contribution < 1.29 is 18.0 Å². The number of amides is 1. The van der Waals surface area contributed by atoms with Gasteiger partial charge in [0.05, 0.1) is 10.3 Å². The van der Waals surface area contributed by atoms with Gasteiger partial charge in [-0.3, -0.25) is 4.79 Å². The number of alkyl halides is 3. The molecule has 1 rings (SSSR count). The standard InChI is InChI=1S/C9H10BrF3N2OS/c1-8(14,9(11,12)13)7(16)15-4-5-2-3-6(10)17-5/h2-3H,4,14H2,1H3,(H,15,16). The number of carbonyl (C=O) groups is 1. The number of nitrogens with two attached hydrogens (primary N) is 1. The van der Waals surface area contributed by atoms with Gasteiger partial charge in [0.15, 0.2) is 5.54 Å². The van der Waals surface area contributed by atoms with E-state index in [-0.39, 0.29) is 6.54 Å². The number of halogens is 4. The molecule has 1 aromatic heterocycles. The Hall–Kier alpha value is -0.600. The summed E-state index contributed by atoms with van der Waals surface area (Å²) in [5.74, 6) is -1.24. The minimum Gasteiger partial charge on any atom is -0.349 e. The molecule has 1 heterocycles. The molecule has 1 atom stereocenters. The molecule has 0 aliphatic heterocycles. The minimum absolute atomic E-state index is 0.0258. The molecule has 3 N–H and O–H groups in total. The first-order valence-electron chi connectivity index (χ1n) is 4.52. The molecular weight excluding hydrogens is 321 g/mol. The van der Waals surface area contributed by atoms with Gasteiger partial charge >= 0.3 is 6.18 Å². The van der Waals surface area contributed by atoms with E-state index in [1.54, 1.807) is 12.1 Å². The van der Waals surface area contributed by atoms with Crippen molar-refractivity contribution in [1.82, 2.24) is 5.32 Å². The molecule has 1 aromatic rings. The lowest BCUT2D eigenvalue weighted by Gasteiger charge is -2.25. The highest BCUT2D eigenvalue weighted by Gasteiger charge is 2.53. The number of thiophene rings is 1. The zero-order chi connectivity index (χ0) is 13.3. The van der Waals surface area contributed by atoms with Crippen LogP contribution in [0.4, 0.5) is 13.2 Å². The summed E-state index contributed by atoms with van der Waals surface area (Å²) in [6, 6.07) is 3.45. The second kappa shape index (κ2) is 4.95. The van der Waals surface area contributed by atoms with Crippen LogP contribution in [0.3, 0.4) is 0 Å². The van der Waals surface area contributed by atoms with Crippen LogP contribution in [0.5, 0.6) is 0 Å². The Labute approximate surface area is 108 Å². The Balaban J connectivity index is 2.61. The Morgan fingerprint density at radius 3 is 2.53 bits per heavy atom. The fourth-order valence-electron chi connectivity index (χ4n) is 0.926. The molecule has 3 nitrogen and oxygen atoms in total. The van der Waals surface area contributed by atoms with Crippen LogP contribution in [-0.4, -0.2) is 17.6 Å². The average Bonchev–Trinajstić information content (AvgIpc) is 2.58. The summed E-state index contributed by atoms with van der Waals surface area (Å²) in [5.41, 5.74) is 2.09. The monoisotopic (exact) mass is 330 g/mol. The lowest BCUT2D eigenvalue weighted by molar-refractivity contribution is -0.187. The summed E-state index contributed by atoms with van der Waals surface area (Å²) in [5, 5.41) is 2.16. The molecule has 0 aromatic carbocycles. The van der Waals surface area contributed by atoms with E-state index in [4.69, 9.17) is 5.73 Å². The second-order valence-electron chi connectivity index (χ2n) is 3.59. The molecule has 0 saturated heterocycles. The van der Waals surface area contributed by atoms with Crippen molar-refractivity contribution in [2.24, 2.45) is 5.73 Å². The van der Waals surface area contributed by atoms with E-state index in [1.807, 2.05) is 0 Å². The summed E-state index contributed by atoms with van der Waals surface area (Å²) in [6.07, 6.45) is -4.77. The van der Waals surface area contributed by atoms with Gasteiger partial charge in [0.25, 0.3) is 0 Å². The van der Waals surface area contributed by atoms with Crippen LogP contribution in [-0.2, 0) is 11.3 Å². The zero-order valence-corrected chi connectivity index (χ0v) is 11.2. The second-order valence-corrected chi connectivity index (χ2v) is 6.14. The van der Waals surface area contributed by atoms with Gasteiger partial charge in [0.2, 0.25) is 5.91 Å². The van der Waals surface area contributed by atoms with Gasteiger partial charge in [-0.15, -0.1) is 11.3 Å². The molecule has 0 aliphatic rings. The molecule has 0 bridgehead atoms. The number of hydrogen-bond acceptors (Lipinski definition) is 3. The van der Waals surface area contributed by atoms with Crippen LogP contribution in [0.1, 0.15) is 11.8 Å². The third-order valence-corrected chi connectivity index (χ3v) is 3.74. The lowest BCUT2D eigenvalue weighted by Crippen LogP contribution is -2.61. The van der Waals surface area contributed by atoms with E-state index in [0.29, 0.717) is 6.92 Å². The van der Waals surface area contributed by atoms with Crippen molar-refractivity contribution in [3.05, 3.63) is 20.8 Å². The third-order valence-electron chi connectivity index (χ3n) is 2.11. The molecule has 8 heteroatoms. The van der Waals surface area contributed by atoms with Gasteiger partial charge < -0.3 is 11.1 Å². The fraction of sp³-hybridized carbons (Fsp3) is 0.444. The van der Waals surface area contributed by atoms with Gasteiger partial charge in [0, 0.05) is 4.88 Å². The molecule has 0 radical (unpaired) electrons. The SMILES string of the molecule is CC(N)(C(=O)NCc1ccc(Br)s1)C(F)(F)F. The van der Waals surface area contributed by atoms with Crippen LogP contribution >= 0.6 is 27.3 Å². The smallest absolute Gasteiger partial charge is 0.349 e. The molecular formula is C9H10BrF3N2OS. The van der Waals surface area contributed by atoms with Gasteiger partial charge in [0.1, 0.15) is 0 Å². The Morgan fingerprint density at radius 2 is 2.12 bits per heavy atom. The quantitative estimate of drug-likeness (QED) is 0.894. The maximum atomic E-state index is 12.4. The Morgan fingerprint density at radius 1 is 1.53 bits per heavy atom. The van der Waals surface area contributed by atoms with E-state index < -0.39 is 17.6 Å². The molecule has 17 heavy (non-hydrogen) atoms. The van der Waals surface area contributed by atoms with Crippen molar-refractivity contribution in [2.45, 2.75) is 25.2 Å². The highest BCUT2D eigenvalue weighted by Crippen LogP contribution is 2.28. The van der Waals surface area contributed by atoms with Crippen molar-refractivity contribution in [2.75, 3.05) is 0 Å². The predicted octanol–water partition coefficient (Wildman–Crippen LogP) is 2.41. The Kier molecular flexibility index (Phi) is 4.21. The van der Waals surface area contributed by atoms with Gasteiger partial charge in [-0.1, -0.05) is 0 Å². The topological polar surface area (TPSA) is 55.1 Å². The first kappa shape index (κ1) is 14.5. The summed E-state index contributed by atoms with van der Waals surface area (Å²) in [7, 11) is 0. The molecule has 1 amide bonds. The number of nitrogens with one attached hydrogen (secondary N) is 1. The molecule has 0 aliphatic carbocycles. The van der Waals surface area contributed by atoms with Crippen molar-refractivity contribution in [3.63, 3.8) is 0 Å². The highest BCUT2D eigenvalue weighted by atomic mass is 79.9. The molecule has 1 unspecified atom stereocenters. The van der Waals surface area contributed by atoms with Crippen molar-refractivity contribution in [1.29, 1.82) is 0 Å². The normalized spacial score (nSPS) is 15.4. The molecule has 0 saturated carbocycles. The van der Waals surface area contributed by atoms with E-state index in [1.165, 1.54) is 11.3 Å². The third kappa shape index (κ3) is 3.43. The highest BCUT2D eigenvalue weighted by molar-refractivity contribution is 9.11. The summed E-state index contributed by atoms with van der Waals surface area (Å²) in [6.45, 7) is 0.671. The van der Waals surface area contributed by atoms with Gasteiger partial charge in [-0.05, 0) is 35.0 Å². The lowest BCUT2D eigenvalue weighted by atomic mass is 10.0. The van der Waals surface area contributed by atoms with Crippen molar-refractivity contribution in [3.8, 4) is 0 Å². The number of hydrogen-bond donors (Lipinski definition) is 2. The first-order chi connectivity index (χ1) is 7.64. The van der Waals surface area contributed by atoms with Crippen LogP contribution in [0.15, 0.2) is 15.9 Å². The van der Waals surface area contributed by atoms with Crippen LogP contribution in [0, 0.1) is 0 Å². The summed E-state index contributed by atoms with van der Waals surface area (Å²) in [4.78, 5) is 12.1. The van der Waals surface area contributed by atoms with Gasteiger partial charge in [-0.25, -0.2) is 0 Å². The van der Waals surface area contributed by atoms with E-state index in [0.717, 1.165) is 8.66 Å². The van der Waals surface area contributed by atoms with Gasteiger partial charge in [-0.2, -0.15) is 13.2 Å². The van der Waals surface area contributed by atoms with E-state index in [2.05, 4.69) is 21.2 Å². The first-order valence-corrected chi connectivity index (χ1v) is 6.13. The molecule has 96 valence electrons. The van der Waals surface area contributed by atoms with E-state index in [9.17, 15) is 18.0 Å². The fourth-order valence-corrected chi connectivity index (χ4v) is 2.35. The van der Waals surface area contributed by atoms with E-state index >= 15 is 0 Å². The summed E-state index contributed by atoms with van der Waals surface area (Å²) >= 11 is 4.54. The van der Waals surface area contributed by atoms with Crippen LogP contribution in [0.2, 0.25) is 0 Å². The Bertz CT molecular complexity index is 417. The largest absolute Gasteiger partial charge is 0.415 e. The number of rotatable bonds is 3. The predicted molar refractivity (Wildman–Crippen MR) is 62.5 cm³/mol. The molecule has 0 fully saturated rings. The van der Waals surface area contributed by atoms with Crippen molar-refractivity contribution >= 4 is 33.2 Å². The average molecular weight is 331 g/mol. The summed E-state index contributed by atoms with van der Waals surface area (Å²) < 4.78 is 38.1. The number of carbonyl (C=O) groups excluding carboxylic acids is 1. The zero-order valence-electron chi connectivity index (χ0n) is 8.77. The van der Waals surface area contributed by atoms with Crippen LogP contribution < -0.4 is 11.1 Å².